The molecule has 6 rings (SSSR count). The van der Waals surface area contributed by atoms with Gasteiger partial charge < -0.3 is 4.74 Å². The van der Waals surface area contributed by atoms with Crippen LogP contribution in [0, 0.1) is 3.83 Å². The van der Waals surface area contributed by atoms with E-state index in [1.54, 1.807) is 12.4 Å². The molecule has 0 saturated heterocycles. The molecule has 1 aliphatic rings. The van der Waals surface area contributed by atoms with Crippen molar-refractivity contribution in [1.82, 2.24) is 25.1 Å². The van der Waals surface area contributed by atoms with Crippen molar-refractivity contribution in [2.45, 2.75) is 24.9 Å². The molecule has 3 heterocycles. The van der Waals surface area contributed by atoms with Crippen LogP contribution in [0.3, 0.4) is 0 Å². The Balaban J connectivity index is 1.42. The first-order chi connectivity index (χ1) is 17.1. The lowest BCUT2D eigenvalue weighted by Crippen LogP contribution is -2.38. The minimum absolute atomic E-state index is 0.232. The van der Waals surface area contributed by atoms with Crippen LogP contribution in [-0.2, 0) is 34.4 Å². The summed E-state index contributed by atoms with van der Waals surface area (Å²) in [6.07, 6.45) is 6.46. The van der Waals surface area contributed by atoms with Gasteiger partial charge in [-0.2, -0.15) is 5.10 Å². The lowest BCUT2D eigenvalue weighted by atomic mass is 9.77. The zero-order valence-electron chi connectivity index (χ0n) is 18.6. The first-order valence-corrected chi connectivity index (χ1v) is 12.3. The number of aromatic nitrogens is 5. The predicted octanol–water partition coefficient (Wildman–Crippen LogP) is 4.80. The van der Waals surface area contributed by atoms with Gasteiger partial charge in [-0.15, -0.1) is 0 Å². The number of H-pyrrole nitrogens is 1. The Hall–Kier alpha value is -3.66. The van der Waals surface area contributed by atoms with Gasteiger partial charge in [0.05, 0.1) is 17.3 Å². The van der Waals surface area contributed by atoms with Crippen LogP contribution in [0.1, 0.15) is 22.3 Å². The van der Waals surface area contributed by atoms with Crippen LogP contribution < -0.4 is 0 Å². The molecule has 0 aliphatic heterocycles. The standard InChI is InChI=1S/C27H20IN5O2/c28-26-31-23(22-15-30-33-24(22)32-26)18-7-4-8-21(11-18)27(12-19-9-10-29-14-20(19)13-27)25(34)35-16-17-5-2-1-3-6-17/h1-11,14-15H,12-13,16H2,(H,30,31,32,33). The highest BCUT2D eigenvalue weighted by Crippen LogP contribution is 2.42. The van der Waals surface area contributed by atoms with Gasteiger partial charge in [0.25, 0.3) is 0 Å². The van der Waals surface area contributed by atoms with Gasteiger partial charge in [0, 0.05) is 40.5 Å². The summed E-state index contributed by atoms with van der Waals surface area (Å²) in [6, 6.07) is 19.8. The molecule has 172 valence electrons. The molecule has 7 nitrogen and oxygen atoms in total. The highest BCUT2D eigenvalue weighted by Gasteiger charge is 2.47. The number of carbonyl (C=O) groups is 1. The second-order valence-electron chi connectivity index (χ2n) is 8.70. The summed E-state index contributed by atoms with van der Waals surface area (Å²) < 4.78 is 6.54. The molecule has 0 saturated carbocycles. The Labute approximate surface area is 215 Å². The maximum atomic E-state index is 13.8. The number of fused-ring (bicyclic) bond motifs is 2. The first-order valence-electron chi connectivity index (χ1n) is 11.2. The van der Waals surface area contributed by atoms with Crippen LogP contribution in [0.4, 0.5) is 0 Å². The highest BCUT2D eigenvalue weighted by atomic mass is 127. The number of esters is 1. The molecule has 0 fully saturated rings. The number of halogens is 1. The van der Waals surface area contributed by atoms with E-state index in [0.717, 1.165) is 38.9 Å². The van der Waals surface area contributed by atoms with Crippen molar-refractivity contribution in [2.24, 2.45) is 0 Å². The molecule has 1 atom stereocenters. The number of rotatable bonds is 5. The first kappa shape index (κ1) is 21.8. The summed E-state index contributed by atoms with van der Waals surface area (Å²) in [5.41, 5.74) is 5.57. The largest absolute Gasteiger partial charge is 0.460 e. The van der Waals surface area contributed by atoms with Gasteiger partial charge in [-0.1, -0.05) is 48.5 Å². The molecule has 5 aromatic rings. The number of carbonyl (C=O) groups excluding carboxylic acids is 1. The Kier molecular flexibility index (Phi) is 5.52. The van der Waals surface area contributed by atoms with Gasteiger partial charge in [-0.25, -0.2) is 9.97 Å². The zero-order valence-corrected chi connectivity index (χ0v) is 20.8. The third-order valence-corrected chi connectivity index (χ3v) is 7.05. The lowest BCUT2D eigenvalue weighted by Gasteiger charge is -2.28. The number of nitrogens with zero attached hydrogens (tertiary/aromatic N) is 4. The number of hydrogen-bond acceptors (Lipinski definition) is 6. The van der Waals surface area contributed by atoms with Crippen LogP contribution in [-0.4, -0.2) is 31.1 Å². The maximum absolute atomic E-state index is 13.8. The maximum Gasteiger partial charge on any atom is 0.317 e. The molecule has 35 heavy (non-hydrogen) atoms. The number of ether oxygens (including phenoxy) is 1. The van der Waals surface area contributed by atoms with Crippen molar-refractivity contribution in [2.75, 3.05) is 0 Å². The van der Waals surface area contributed by atoms with Crippen LogP contribution >= 0.6 is 22.6 Å². The third-order valence-electron chi connectivity index (χ3n) is 6.56. The van der Waals surface area contributed by atoms with Gasteiger partial charge >= 0.3 is 5.97 Å². The van der Waals surface area contributed by atoms with Crippen LogP contribution in [0.5, 0.6) is 0 Å². The Bertz CT molecular complexity index is 1530. The predicted molar refractivity (Wildman–Crippen MR) is 139 cm³/mol. The van der Waals surface area contributed by atoms with E-state index < -0.39 is 5.41 Å². The van der Waals surface area contributed by atoms with Gasteiger partial charge in [-0.05, 0) is 47.2 Å². The zero-order chi connectivity index (χ0) is 23.8. The number of nitrogens with one attached hydrogen (secondary N) is 1. The minimum Gasteiger partial charge on any atom is -0.460 e. The van der Waals surface area contributed by atoms with Gasteiger partial charge in [0.15, 0.2) is 9.48 Å². The van der Waals surface area contributed by atoms with Crippen molar-refractivity contribution in [3.05, 3.63) is 105 Å². The topological polar surface area (TPSA) is 93.7 Å². The molecule has 1 unspecified atom stereocenters. The second kappa shape index (κ2) is 8.84. The molecule has 0 spiro atoms. The average Bonchev–Trinajstić information content (AvgIpc) is 3.53. The van der Waals surface area contributed by atoms with E-state index in [1.165, 1.54) is 0 Å². The fourth-order valence-electron chi connectivity index (χ4n) is 4.82. The SMILES string of the molecule is O=C(OCc1ccccc1)C1(c2cccc(-c3nc(I)nc4[nH]ncc34)c2)Cc2ccncc2C1. The molecule has 0 bridgehead atoms. The second-order valence-corrected chi connectivity index (χ2v) is 9.66. The summed E-state index contributed by atoms with van der Waals surface area (Å²) in [6.45, 7) is 0.232. The van der Waals surface area contributed by atoms with Crippen LogP contribution in [0.15, 0.2) is 79.3 Å². The van der Waals surface area contributed by atoms with E-state index in [-0.39, 0.29) is 12.6 Å². The number of pyridine rings is 1. The van der Waals surface area contributed by atoms with Crippen molar-refractivity contribution in [3.63, 3.8) is 0 Å². The molecule has 1 aliphatic carbocycles. The van der Waals surface area contributed by atoms with E-state index in [1.807, 2.05) is 66.9 Å². The fourth-order valence-corrected chi connectivity index (χ4v) is 5.30. The van der Waals surface area contributed by atoms with Gasteiger partial charge in [0.1, 0.15) is 12.0 Å². The lowest BCUT2D eigenvalue weighted by molar-refractivity contribution is -0.151. The molecule has 8 heteroatoms. The Morgan fingerprint density at radius 1 is 1.00 bits per heavy atom. The summed E-state index contributed by atoms with van der Waals surface area (Å²) in [5.74, 6) is -0.236. The van der Waals surface area contributed by atoms with E-state index in [9.17, 15) is 4.79 Å². The number of aromatic amines is 1. The van der Waals surface area contributed by atoms with Crippen molar-refractivity contribution < 1.29 is 9.53 Å². The highest BCUT2D eigenvalue weighted by molar-refractivity contribution is 14.1. The van der Waals surface area contributed by atoms with Crippen molar-refractivity contribution in [3.8, 4) is 11.3 Å². The van der Waals surface area contributed by atoms with Gasteiger partial charge in [0.2, 0.25) is 0 Å². The van der Waals surface area contributed by atoms with Crippen molar-refractivity contribution >= 4 is 39.6 Å². The smallest absolute Gasteiger partial charge is 0.317 e. The average molecular weight is 573 g/mol. The minimum atomic E-state index is -0.841. The van der Waals surface area contributed by atoms with E-state index in [2.05, 4.69) is 47.7 Å². The summed E-state index contributed by atoms with van der Waals surface area (Å²) >= 11 is 2.10. The van der Waals surface area contributed by atoms with E-state index in [0.29, 0.717) is 22.3 Å². The molecule has 2 aromatic carbocycles. The Morgan fingerprint density at radius 3 is 2.71 bits per heavy atom. The fraction of sp³-hybridized carbons (Fsp3) is 0.148. The molecule has 0 radical (unpaired) electrons. The third kappa shape index (κ3) is 3.97. The molecule has 3 aromatic heterocycles. The number of hydrogen-bond donors (Lipinski definition) is 1. The normalized spacial score (nSPS) is 16.8. The quantitative estimate of drug-likeness (QED) is 0.185. The monoisotopic (exact) mass is 573 g/mol. The van der Waals surface area contributed by atoms with Crippen LogP contribution in [0.2, 0.25) is 0 Å². The summed E-state index contributed by atoms with van der Waals surface area (Å²) in [4.78, 5) is 27.2. The van der Waals surface area contributed by atoms with Gasteiger partial charge in [-0.3, -0.25) is 14.9 Å². The molecular formula is C27H20IN5O2. The molecular weight excluding hydrogens is 553 g/mol. The van der Waals surface area contributed by atoms with E-state index in [4.69, 9.17) is 4.74 Å². The molecule has 0 amide bonds. The summed E-state index contributed by atoms with van der Waals surface area (Å²) in [5, 5.41) is 7.90. The van der Waals surface area contributed by atoms with Crippen molar-refractivity contribution in [1.29, 1.82) is 0 Å². The number of benzene rings is 2. The Morgan fingerprint density at radius 2 is 1.86 bits per heavy atom. The summed E-state index contributed by atoms with van der Waals surface area (Å²) in [7, 11) is 0. The van der Waals surface area contributed by atoms with Crippen LogP contribution in [0.25, 0.3) is 22.3 Å². The van der Waals surface area contributed by atoms with E-state index >= 15 is 0 Å². The molecule has 1 N–H and O–H groups in total.